The molecular formula is C19H31P. The lowest BCUT2D eigenvalue weighted by molar-refractivity contribution is 0.362. The highest BCUT2D eigenvalue weighted by Gasteiger charge is 2.26. The molecule has 0 aliphatic heterocycles. The second-order valence-corrected chi connectivity index (χ2v) is 8.13. The van der Waals surface area contributed by atoms with Gasteiger partial charge in [0.1, 0.15) is 0 Å². The average Bonchev–Trinajstić information content (AvgIpc) is 2.45. The Hall–Kier alpha value is -0.350. The Morgan fingerprint density at radius 1 is 1.05 bits per heavy atom. The fourth-order valence-electron chi connectivity index (χ4n) is 3.64. The Balaban J connectivity index is 2.03. The topological polar surface area (TPSA) is 0 Å². The van der Waals surface area contributed by atoms with Gasteiger partial charge in [0.2, 0.25) is 0 Å². The highest BCUT2D eigenvalue weighted by atomic mass is 31.0. The van der Waals surface area contributed by atoms with E-state index in [2.05, 4.69) is 47.4 Å². The predicted octanol–water partition coefficient (Wildman–Crippen LogP) is 5.79. The first-order valence-corrected chi connectivity index (χ1v) is 9.06. The van der Waals surface area contributed by atoms with Crippen LogP contribution in [0.15, 0.2) is 24.3 Å². The summed E-state index contributed by atoms with van der Waals surface area (Å²) in [6, 6.07) is 9.09. The van der Waals surface area contributed by atoms with Crippen molar-refractivity contribution < 1.29 is 0 Å². The molecule has 0 amide bonds. The lowest BCUT2D eigenvalue weighted by Crippen LogP contribution is -2.24. The van der Waals surface area contributed by atoms with Gasteiger partial charge in [0.05, 0.1) is 0 Å². The summed E-state index contributed by atoms with van der Waals surface area (Å²) in [5.74, 6) is 0.864. The predicted molar refractivity (Wildman–Crippen MR) is 93.4 cm³/mol. The minimum atomic E-state index is 0.502. The first-order valence-electron chi connectivity index (χ1n) is 8.48. The van der Waals surface area contributed by atoms with Crippen LogP contribution in [0.1, 0.15) is 69.9 Å². The average molecular weight is 290 g/mol. The van der Waals surface area contributed by atoms with Gasteiger partial charge in [0.25, 0.3) is 0 Å². The van der Waals surface area contributed by atoms with Gasteiger partial charge in [-0.3, -0.25) is 0 Å². The zero-order valence-electron chi connectivity index (χ0n) is 13.3. The lowest BCUT2D eigenvalue weighted by atomic mass is 9.83. The zero-order chi connectivity index (χ0) is 14.4. The standard InChI is InChI=1S/C19H31P/c1-3-16(2)15-19(20)13-7-6-11-17-9-4-5-10-18(17)12-8-14-19/h4-5,9-10,16H,3,6-8,11-15,20H2,1-2H3/t16?,19-/m0/s1. The van der Waals surface area contributed by atoms with E-state index in [0.717, 1.165) is 5.92 Å². The van der Waals surface area contributed by atoms with E-state index in [9.17, 15) is 0 Å². The van der Waals surface area contributed by atoms with Gasteiger partial charge in [-0.15, -0.1) is 9.24 Å². The highest BCUT2D eigenvalue weighted by Crippen LogP contribution is 2.39. The summed E-state index contributed by atoms with van der Waals surface area (Å²) in [6.07, 6.45) is 12.1. The molecule has 0 nitrogen and oxygen atoms in total. The smallest absolute Gasteiger partial charge is 0.0147 e. The van der Waals surface area contributed by atoms with Crippen LogP contribution >= 0.6 is 9.24 Å². The molecule has 0 radical (unpaired) electrons. The van der Waals surface area contributed by atoms with Crippen molar-refractivity contribution in [2.24, 2.45) is 5.92 Å². The molecule has 3 atom stereocenters. The Morgan fingerprint density at radius 2 is 1.65 bits per heavy atom. The number of fused-ring (bicyclic) bond motifs is 1. The highest BCUT2D eigenvalue weighted by molar-refractivity contribution is 7.19. The fourth-order valence-corrected chi connectivity index (χ4v) is 4.45. The molecule has 2 rings (SSSR count). The zero-order valence-corrected chi connectivity index (χ0v) is 14.5. The molecule has 2 unspecified atom stereocenters. The number of rotatable bonds is 3. The van der Waals surface area contributed by atoms with E-state index in [1.807, 2.05) is 0 Å². The van der Waals surface area contributed by atoms with Crippen molar-refractivity contribution in [1.82, 2.24) is 0 Å². The molecule has 0 saturated heterocycles. The van der Waals surface area contributed by atoms with E-state index < -0.39 is 0 Å². The van der Waals surface area contributed by atoms with Gasteiger partial charge < -0.3 is 0 Å². The molecule has 0 fully saturated rings. The SMILES string of the molecule is CCC(C)C[C@]1(P)CCCCc2ccccc2CCC1. The van der Waals surface area contributed by atoms with Crippen molar-refractivity contribution in [3.8, 4) is 0 Å². The molecule has 0 heterocycles. The van der Waals surface area contributed by atoms with Crippen LogP contribution in [-0.2, 0) is 12.8 Å². The number of hydrogen-bond donors (Lipinski definition) is 0. The molecule has 1 heteroatoms. The van der Waals surface area contributed by atoms with Gasteiger partial charge in [0, 0.05) is 0 Å². The Kier molecular flexibility index (Phi) is 6.09. The summed E-state index contributed by atoms with van der Waals surface area (Å²) in [5, 5.41) is 0.502. The minimum Gasteiger partial charge on any atom is -0.131 e. The van der Waals surface area contributed by atoms with Crippen LogP contribution < -0.4 is 0 Å². The summed E-state index contributed by atoms with van der Waals surface area (Å²) in [4.78, 5) is 0. The van der Waals surface area contributed by atoms with Crippen molar-refractivity contribution in [1.29, 1.82) is 0 Å². The Bertz CT molecular complexity index is 412. The Morgan fingerprint density at radius 3 is 2.30 bits per heavy atom. The summed E-state index contributed by atoms with van der Waals surface area (Å²) < 4.78 is 0. The van der Waals surface area contributed by atoms with Crippen molar-refractivity contribution in [3.63, 3.8) is 0 Å². The molecule has 0 aromatic heterocycles. The number of benzene rings is 1. The summed E-state index contributed by atoms with van der Waals surface area (Å²) >= 11 is 0. The van der Waals surface area contributed by atoms with Crippen LogP contribution in [0.3, 0.4) is 0 Å². The number of aryl methyl sites for hydroxylation is 2. The molecule has 0 spiro atoms. The van der Waals surface area contributed by atoms with Crippen molar-refractivity contribution in [2.75, 3.05) is 0 Å². The van der Waals surface area contributed by atoms with E-state index in [1.165, 1.54) is 57.8 Å². The summed E-state index contributed by atoms with van der Waals surface area (Å²) in [5.41, 5.74) is 3.20. The first kappa shape index (κ1) is 16.0. The number of hydrogen-bond acceptors (Lipinski definition) is 0. The van der Waals surface area contributed by atoms with E-state index in [1.54, 1.807) is 11.1 Å². The first-order chi connectivity index (χ1) is 9.63. The third kappa shape index (κ3) is 4.59. The van der Waals surface area contributed by atoms with Crippen LogP contribution in [0.25, 0.3) is 0 Å². The van der Waals surface area contributed by atoms with Gasteiger partial charge in [-0.2, -0.15) is 0 Å². The van der Waals surface area contributed by atoms with E-state index >= 15 is 0 Å². The third-order valence-electron chi connectivity index (χ3n) is 5.06. The van der Waals surface area contributed by atoms with Crippen LogP contribution in [0.2, 0.25) is 0 Å². The van der Waals surface area contributed by atoms with E-state index in [-0.39, 0.29) is 0 Å². The van der Waals surface area contributed by atoms with Crippen LogP contribution in [0.5, 0.6) is 0 Å². The monoisotopic (exact) mass is 290 g/mol. The van der Waals surface area contributed by atoms with Gasteiger partial charge in [-0.05, 0) is 67.1 Å². The molecule has 112 valence electrons. The maximum atomic E-state index is 3.25. The molecule has 1 aliphatic rings. The van der Waals surface area contributed by atoms with E-state index in [0.29, 0.717) is 5.16 Å². The Labute approximate surface area is 127 Å². The molecule has 0 saturated carbocycles. The molecule has 1 aromatic carbocycles. The van der Waals surface area contributed by atoms with Crippen LogP contribution in [0.4, 0.5) is 0 Å². The van der Waals surface area contributed by atoms with Gasteiger partial charge in [-0.25, -0.2) is 0 Å². The quantitative estimate of drug-likeness (QED) is 0.618. The summed E-state index contributed by atoms with van der Waals surface area (Å²) in [7, 11) is 3.25. The normalized spacial score (nSPS) is 25.8. The van der Waals surface area contributed by atoms with E-state index in [4.69, 9.17) is 0 Å². The maximum absolute atomic E-state index is 3.25. The third-order valence-corrected chi connectivity index (χ3v) is 5.87. The largest absolute Gasteiger partial charge is 0.131 e. The molecule has 1 aromatic rings. The fraction of sp³-hybridized carbons (Fsp3) is 0.684. The summed E-state index contributed by atoms with van der Waals surface area (Å²) in [6.45, 7) is 4.75. The van der Waals surface area contributed by atoms with Crippen molar-refractivity contribution in [2.45, 2.75) is 76.8 Å². The molecule has 1 aliphatic carbocycles. The second-order valence-electron chi connectivity index (χ2n) is 6.91. The maximum Gasteiger partial charge on any atom is -0.0147 e. The van der Waals surface area contributed by atoms with Gasteiger partial charge >= 0.3 is 0 Å². The molecule has 0 bridgehead atoms. The van der Waals surface area contributed by atoms with Gasteiger partial charge in [0.15, 0.2) is 0 Å². The lowest BCUT2D eigenvalue weighted by Gasteiger charge is -2.33. The van der Waals surface area contributed by atoms with Crippen LogP contribution in [-0.4, -0.2) is 5.16 Å². The molecule has 20 heavy (non-hydrogen) atoms. The van der Waals surface area contributed by atoms with Gasteiger partial charge in [-0.1, -0.05) is 51.0 Å². The second kappa shape index (κ2) is 7.60. The minimum absolute atomic E-state index is 0.502. The van der Waals surface area contributed by atoms with Crippen molar-refractivity contribution in [3.05, 3.63) is 35.4 Å². The van der Waals surface area contributed by atoms with Crippen LogP contribution in [0, 0.1) is 5.92 Å². The van der Waals surface area contributed by atoms with Crippen molar-refractivity contribution >= 4 is 9.24 Å². The molecule has 0 N–H and O–H groups in total. The molecular weight excluding hydrogens is 259 g/mol.